The van der Waals surface area contributed by atoms with Crippen molar-refractivity contribution in [3.8, 4) is 0 Å². The Balaban J connectivity index is 2.12. The number of aromatic nitrogens is 2. The second-order valence-corrected chi connectivity index (χ2v) is 5.53. The number of hydrogen-bond acceptors (Lipinski definition) is 4. The van der Waals surface area contributed by atoms with E-state index in [1.807, 2.05) is 6.92 Å². The maximum atomic E-state index is 11.1. The van der Waals surface area contributed by atoms with Crippen molar-refractivity contribution in [2.45, 2.75) is 17.9 Å². The second-order valence-electron chi connectivity index (χ2n) is 3.97. The maximum Gasteiger partial charge on any atom is 0.238 e. The van der Waals surface area contributed by atoms with Gasteiger partial charge in [-0.2, -0.15) is 5.10 Å². The molecule has 0 aliphatic heterocycles. The summed E-state index contributed by atoms with van der Waals surface area (Å²) in [5.74, 6) is 0. The number of nitrogens with one attached hydrogen (secondary N) is 2. The fraction of sp³-hybridized carbons (Fsp3) is 0.182. The molecule has 18 heavy (non-hydrogen) atoms. The maximum absolute atomic E-state index is 11.1. The lowest BCUT2D eigenvalue weighted by Crippen LogP contribution is -2.12. The van der Waals surface area contributed by atoms with E-state index in [4.69, 9.17) is 5.14 Å². The molecular weight excluding hydrogens is 252 g/mol. The van der Waals surface area contributed by atoms with Gasteiger partial charge in [-0.1, -0.05) is 0 Å². The van der Waals surface area contributed by atoms with Crippen LogP contribution in [0.2, 0.25) is 0 Å². The van der Waals surface area contributed by atoms with Crippen LogP contribution >= 0.6 is 0 Å². The molecule has 0 fully saturated rings. The number of nitrogens with two attached hydrogens (primary N) is 1. The van der Waals surface area contributed by atoms with Gasteiger partial charge in [0.25, 0.3) is 0 Å². The van der Waals surface area contributed by atoms with Gasteiger partial charge in [0, 0.05) is 17.4 Å². The summed E-state index contributed by atoms with van der Waals surface area (Å²) >= 11 is 0. The van der Waals surface area contributed by atoms with Gasteiger partial charge < -0.3 is 5.32 Å². The third-order valence-corrected chi connectivity index (χ3v) is 3.51. The molecule has 2 aromatic rings. The summed E-state index contributed by atoms with van der Waals surface area (Å²) in [6, 6.07) is 6.37. The smallest absolute Gasteiger partial charge is 0.238 e. The molecule has 0 spiro atoms. The first-order chi connectivity index (χ1) is 8.47. The monoisotopic (exact) mass is 266 g/mol. The number of nitrogens with zero attached hydrogens (tertiary/aromatic N) is 1. The molecule has 6 nitrogen and oxygen atoms in total. The van der Waals surface area contributed by atoms with E-state index < -0.39 is 10.0 Å². The number of anilines is 1. The van der Waals surface area contributed by atoms with Gasteiger partial charge in [0.1, 0.15) is 0 Å². The molecule has 0 saturated heterocycles. The number of rotatable bonds is 4. The van der Waals surface area contributed by atoms with E-state index in [2.05, 4.69) is 15.5 Å². The predicted molar refractivity (Wildman–Crippen MR) is 68.4 cm³/mol. The summed E-state index contributed by atoms with van der Waals surface area (Å²) in [6.45, 7) is 1.98. The average molecular weight is 266 g/mol. The van der Waals surface area contributed by atoms with Crippen molar-refractivity contribution in [3.63, 3.8) is 0 Å². The summed E-state index contributed by atoms with van der Waals surface area (Å²) in [5.41, 5.74) is 1.83. The highest BCUT2D eigenvalue weighted by Crippen LogP contribution is 2.19. The molecule has 7 heteroatoms. The predicted octanol–water partition coefficient (Wildman–Crippen LogP) is 1.23. The molecule has 1 atom stereocenters. The van der Waals surface area contributed by atoms with Crippen LogP contribution in [-0.2, 0) is 10.0 Å². The largest absolute Gasteiger partial charge is 0.378 e. The summed E-state index contributed by atoms with van der Waals surface area (Å²) < 4.78 is 22.2. The van der Waals surface area contributed by atoms with Crippen molar-refractivity contribution in [3.05, 3.63) is 42.2 Å². The van der Waals surface area contributed by atoms with Crippen LogP contribution < -0.4 is 10.5 Å². The van der Waals surface area contributed by atoms with Gasteiger partial charge in [0.05, 0.1) is 17.1 Å². The third kappa shape index (κ3) is 2.88. The molecule has 1 heterocycles. The molecular formula is C11H14N4O2S. The van der Waals surface area contributed by atoms with Crippen molar-refractivity contribution in [1.82, 2.24) is 10.2 Å². The van der Waals surface area contributed by atoms with Crippen LogP contribution in [0.15, 0.2) is 41.6 Å². The highest BCUT2D eigenvalue weighted by molar-refractivity contribution is 7.89. The molecule has 4 N–H and O–H groups in total. The lowest BCUT2D eigenvalue weighted by molar-refractivity contribution is 0.598. The second kappa shape index (κ2) is 4.79. The van der Waals surface area contributed by atoms with Gasteiger partial charge in [0.2, 0.25) is 10.0 Å². The van der Waals surface area contributed by atoms with Crippen LogP contribution in [0.3, 0.4) is 0 Å². The summed E-state index contributed by atoms with van der Waals surface area (Å²) in [5, 5.41) is 14.9. The van der Waals surface area contributed by atoms with Crippen molar-refractivity contribution in [2.75, 3.05) is 5.32 Å². The standard InChI is InChI=1S/C11H14N4O2S/c1-8(9-6-13-14-7-9)15-10-2-4-11(5-3-10)18(12,16)17/h2-8,15H,1H3,(H,13,14)(H2,12,16,17). The minimum absolute atomic E-state index is 0.0732. The molecule has 2 rings (SSSR count). The Morgan fingerprint density at radius 3 is 2.50 bits per heavy atom. The fourth-order valence-corrected chi connectivity index (χ4v) is 2.09. The molecule has 1 aromatic carbocycles. The van der Waals surface area contributed by atoms with E-state index in [1.54, 1.807) is 24.5 Å². The van der Waals surface area contributed by atoms with Gasteiger partial charge in [0.15, 0.2) is 0 Å². The van der Waals surface area contributed by atoms with Crippen LogP contribution in [-0.4, -0.2) is 18.6 Å². The number of sulfonamides is 1. The zero-order chi connectivity index (χ0) is 13.2. The molecule has 0 aliphatic carbocycles. The topological polar surface area (TPSA) is 101 Å². The Kier molecular flexibility index (Phi) is 3.35. The molecule has 1 unspecified atom stereocenters. The molecule has 0 radical (unpaired) electrons. The summed E-state index contributed by atoms with van der Waals surface area (Å²) in [4.78, 5) is 0.101. The molecule has 0 saturated carbocycles. The van der Waals surface area contributed by atoms with Crippen LogP contribution in [0.4, 0.5) is 5.69 Å². The number of H-pyrrole nitrogens is 1. The van der Waals surface area contributed by atoms with Gasteiger partial charge in [-0.15, -0.1) is 0 Å². The van der Waals surface area contributed by atoms with Gasteiger partial charge in [-0.25, -0.2) is 13.6 Å². The first-order valence-electron chi connectivity index (χ1n) is 5.35. The zero-order valence-electron chi connectivity index (χ0n) is 9.79. The van der Waals surface area contributed by atoms with Gasteiger partial charge in [-0.05, 0) is 31.2 Å². The first-order valence-corrected chi connectivity index (χ1v) is 6.89. The lowest BCUT2D eigenvalue weighted by atomic mass is 10.2. The molecule has 1 aromatic heterocycles. The Morgan fingerprint density at radius 1 is 1.33 bits per heavy atom. The molecule has 0 aliphatic rings. The van der Waals surface area contributed by atoms with Gasteiger partial charge in [-0.3, -0.25) is 5.10 Å². The van der Waals surface area contributed by atoms with Crippen molar-refractivity contribution < 1.29 is 8.42 Å². The highest BCUT2D eigenvalue weighted by atomic mass is 32.2. The van der Waals surface area contributed by atoms with E-state index in [9.17, 15) is 8.42 Å². The molecule has 0 bridgehead atoms. The van der Waals surface area contributed by atoms with E-state index in [-0.39, 0.29) is 10.9 Å². The molecule has 96 valence electrons. The van der Waals surface area contributed by atoms with Crippen molar-refractivity contribution in [2.24, 2.45) is 5.14 Å². The van der Waals surface area contributed by atoms with Crippen LogP contribution in [0, 0.1) is 0 Å². The Hall–Kier alpha value is -1.86. The van der Waals surface area contributed by atoms with Crippen LogP contribution in [0.25, 0.3) is 0 Å². The highest BCUT2D eigenvalue weighted by Gasteiger charge is 2.09. The minimum atomic E-state index is -3.63. The number of aromatic amines is 1. The van der Waals surface area contributed by atoms with E-state index in [1.165, 1.54) is 12.1 Å². The average Bonchev–Trinajstić information content (AvgIpc) is 2.82. The number of hydrogen-bond donors (Lipinski definition) is 3. The minimum Gasteiger partial charge on any atom is -0.378 e. The number of benzene rings is 1. The Labute approximate surface area is 105 Å². The quantitative estimate of drug-likeness (QED) is 0.774. The zero-order valence-corrected chi connectivity index (χ0v) is 10.6. The lowest BCUT2D eigenvalue weighted by Gasteiger charge is -2.13. The van der Waals surface area contributed by atoms with Gasteiger partial charge >= 0.3 is 0 Å². The summed E-state index contributed by atoms with van der Waals surface area (Å²) in [7, 11) is -3.63. The first kappa shape index (κ1) is 12.6. The van der Waals surface area contributed by atoms with E-state index in [0.717, 1.165) is 11.3 Å². The molecule has 0 amide bonds. The van der Waals surface area contributed by atoms with E-state index in [0.29, 0.717) is 0 Å². The third-order valence-electron chi connectivity index (χ3n) is 2.59. The Bertz CT molecular complexity index is 605. The van der Waals surface area contributed by atoms with Crippen molar-refractivity contribution in [1.29, 1.82) is 0 Å². The van der Waals surface area contributed by atoms with Crippen molar-refractivity contribution >= 4 is 15.7 Å². The summed E-state index contributed by atoms with van der Waals surface area (Å²) in [6.07, 6.45) is 3.53. The van der Waals surface area contributed by atoms with Crippen LogP contribution in [0.1, 0.15) is 18.5 Å². The van der Waals surface area contributed by atoms with E-state index >= 15 is 0 Å². The fourth-order valence-electron chi connectivity index (χ4n) is 1.57. The van der Waals surface area contributed by atoms with Crippen LogP contribution in [0.5, 0.6) is 0 Å². The Morgan fingerprint density at radius 2 is 2.00 bits per heavy atom. The number of primary sulfonamides is 1. The normalized spacial score (nSPS) is 13.2. The SMILES string of the molecule is CC(Nc1ccc(S(N)(=O)=O)cc1)c1cn[nH]c1.